The third-order valence-electron chi connectivity index (χ3n) is 4.88. The zero-order valence-electron chi connectivity index (χ0n) is 17.0. The van der Waals surface area contributed by atoms with E-state index in [1.54, 1.807) is 30.0 Å². The third-order valence-corrected chi connectivity index (χ3v) is 5.97. The Balaban J connectivity index is 1.48. The van der Waals surface area contributed by atoms with Crippen molar-refractivity contribution < 1.29 is 4.79 Å². The maximum Gasteiger partial charge on any atom is 0.274 e. The van der Waals surface area contributed by atoms with Gasteiger partial charge < -0.3 is 5.32 Å². The fourth-order valence-corrected chi connectivity index (χ4v) is 4.20. The molecule has 0 bridgehead atoms. The number of hydrogen-bond acceptors (Lipinski definition) is 4. The number of nitrogens with one attached hydrogen (secondary N) is 1. The van der Waals surface area contributed by atoms with Gasteiger partial charge in [-0.15, -0.1) is 11.8 Å². The van der Waals surface area contributed by atoms with E-state index in [1.807, 2.05) is 54.6 Å². The van der Waals surface area contributed by atoms with Crippen molar-refractivity contribution in [1.29, 1.82) is 0 Å². The van der Waals surface area contributed by atoms with Crippen LogP contribution in [0.15, 0.2) is 94.6 Å². The summed E-state index contributed by atoms with van der Waals surface area (Å²) in [6.45, 7) is 0.866. The second kappa shape index (κ2) is 10.1. The molecule has 0 aliphatic rings. The number of fused-ring (bicyclic) bond motifs is 1. The Morgan fingerprint density at radius 3 is 2.26 bits per heavy atom. The SMILES string of the molecule is O=C(NCCCSc1ccccc1)c1nn(Cc2ccccc2)c(=O)c2ccccc12. The van der Waals surface area contributed by atoms with Crippen LogP contribution in [0, 0.1) is 0 Å². The molecule has 1 aromatic heterocycles. The first-order chi connectivity index (χ1) is 15.2. The quantitative estimate of drug-likeness (QED) is 0.334. The fourth-order valence-electron chi connectivity index (χ4n) is 3.33. The van der Waals surface area contributed by atoms with Crippen LogP contribution in [0.4, 0.5) is 0 Å². The largest absolute Gasteiger partial charge is 0.351 e. The van der Waals surface area contributed by atoms with Gasteiger partial charge in [0, 0.05) is 16.8 Å². The molecule has 156 valence electrons. The third kappa shape index (κ3) is 5.22. The first-order valence-corrected chi connectivity index (χ1v) is 11.2. The minimum absolute atomic E-state index is 0.199. The van der Waals surface area contributed by atoms with Crippen molar-refractivity contribution in [2.24, 2.45) is 0 Å². The van der Waals surface area contributed by atoms with Crippen LogP contribution in [0.1, 0.15) is 22.5 Å². The van der Waals surface area contributed by atoms with Crippen molar-refractivity contribution in [3.05, 3.63) is 107 Å². The number of rotatable bonds is 8. The minimum Gasteiger partial charge on any atom is -0.351 e. The highest BCUT2D eigenvalue weighted by Crippen LogP contribution is 2.17. The van der Waals surface area contributed by atoms with Crippen LogP contribution in [-0.2, 0) is 6.54 Å². The second-order valence-corrected chi connectivity index (χ2v) is 8.28. The Hall–Kier alpha value is -3.38. The molecule has 0 atom stereocenters. The zero-order valence-corrected chi connectivity index (χ0v) is 17.8. The monoisotopic (exact) mass is 429 g/mol. The molecule has 4 aromatic rings. The van der Waals surface area contributed by atoms with Gasteiger partial charge in [0.05, 0.1) is 11.9 Å². The summed E-state index contributed by atoms with van der Waals surface area (Å²) in [5, 5.41) is 8.46. The smallest absolute Gasteiger partial charge is 0.274 e. The minimum atomic E-state index is -0.261. The number of hydrogen-bond donors (Lipinski definition) is 1. The summed E-state index contributed by atoms with van der Waals surface area (Å²) in [6, 6.07) is 27.0. The predicted octanol–water partition coefficient (Wildman–Crippen LogP) is 4.36. The Labute approximate surface area is 185 Å². The van der Waals surface area contributed by atoms with E-state index in [2.05, 4.69) is 22.5 Å². The molecule has 0 saturated heterocycles. The summed E-state index contributed by atoms with van der Waals surface area (Å²) in [7, 11) is 0. The highest BCUT2D eigenvalue weighted by atomic mass is 32.2. The van der Waals surface area contributed by atoms with Gasteiger partial charge in [0.25, 0.3) is 11.5 Å². The van der Waals surface area contributed by atoms with Gasteiger partial charge in [-0.25, -0.2) is 4.68 Å². The predicted molar refractivity (Wildman–Crippen MR) is 126 cm³/mol. The molecule has 4 rings (SSSR count). The van der Waals surface area contributed by atoms with Crippen LogP contribution in [0.3, 0.4) is 0 Å². The summed E-state index contributed by atoms with van der Waals surface area (Å²) >= 11 is 1.76. The van der Waals surface area contributed by atoms with Crippen molar-refractivity contribution in [2.45, 2.75) is 17.9 Å². The van der Waals surface area contributed by atoms with Crippen LogP contribution < -0.4 is 10.9 Å². The molecule has 5 nitrogen and oxygen atoms in total. The van der Waals surface area contributed by atoms with Gasteiger partial charge in [0.15, 0.2) is 5.69 Å². The molecule has 0 fully saturated rings. The summed E-state index contributed by atoms with van der Waals surface area (Å²) in [4.78, 5) is 27.0. The molecular formula is C25H23N3O2S. The topological polar surface area (TPSA) is 64.0 Å². The lowest BCUT2D eigenvalue weighted by atomic mass is 10.1. The Morgan fingerprint density at radius 2 is 1.52 bits per heavy atom. The van der Waals surface area contributed by atoms with E-state index in [-0.39, 0.29) is 17.2 Å². The molecule has 0 aliphatic carbocycles. The number of benzene rings is 3. The maximum absolute atomic E-state index is 12.9. The summed E-state index contributed by atoms with van der Waals surface area (Å²) < 4.78 is 1.37. The standard InChI is InChI=1S/C25H23N3O2S/c29-24(26-16-9-17-31-20-12-5-2-6-13-20)23-21-14-7-8-15-22(21)25(30)28(27-23)18-19-10-3-1-4-11-19/h1-8,10-15H,9,16-18H2,(H,26,29). The first kappa shape index (κ1) is 20.9. The molecule has 0 aliphatic heterocycles. The highest BCUT2D eigenvalue weighted by Gasteiger charge is 2.16. The Bertz CT molecular complexity index is 1220. The van der Waals surface area contributed by atoms with Crippen molar-refractivity contribution in [3.8, 4) is 0 Å². The fraction of sp³-hybridized carbons (Fsp3) is 0.160. The van der Waals surface area contributed by atoms with Gasteiger partial charge in [-0.2, -0.15) is 5.10 Å². The van der Waals surface area contributed by atoms with Gasteiger partial charge in [0.1, 0.15) is 0 Å². The maximum atomic E-state index is 12.9. The van der Waals surface area contributed by atoms with E-state index in [4.69, 9.17) is 0 Å². The summed E-state index contributed by atoms with van der Waals surface area (Å²) in [6.07, 6.45) is 0.840. The number of nitrogens with zero attached hydrogens (tertiary/aromatic N) is 2. The van der Waals surface area contributed by atoms with Crippen LogP contribution in [0.2, 0.25) is 0 Å². The zero-order chi connectivity index (χ0) is 21.5. The molecule has 0 spiro atoms. The van der Waals surface area contributed by atoms with E-state index >= 15 is 0 Å². The molecule has 1 N–H and O–H groups in total. The van der Waals surface area contributed by atoms with Gasteiger partial charge in [-0.05, 0) is 35.9 Å². The molecule has 3 aromatic carbocycles. The highest BCUT2D eigenvalue weighted by molar-refractivity contribution is 7.99. The van der Waals surface area contributed by atoms with Crippen molar-refractivity contribution in [1.82, 2.24) is 15.1 Å². The van der Waals surface area contributed by atoms with E-state index in [1.165, 1.54) is 9.58 Å². The Morgan fingerprint density at radius 1 is 0.871 bits per heavy atom. The molecule has 1 heterocycles. The molecular weight excluding hydrogens is 406 g/mol. The number of amides is 1. The van der Waals surface area contributed by atoms with Crippen LogP contribution >= 0.6 is 11.8 Å². The molecule has 1 amide bonds. The lowest BCUT2D eigenvalue weighted by Crippen LogP contribution is -2.31. The summed E-state index contributed by atoms with van der Waals surface area (Å²) in [5.74, 6) is 0.647. The van der Waals surface area contributed by atoms with Crippen molar-refractivity contribution in [2.75, 3.05) is 12.3 Å². The van der Waals surface area contributed by atoms with E-state index in [9.17, 15) is 9.59 Å². The normalized spacial score (nSPS) is 10.8. The molecule has 0 radical (unpaired) electrons. The van der Waals surface area contributed by atoms with Crippen molar-refractivity contribution >= 4 is 28.4 Å². The second-order valence-electron chi connectivity index (χ2n) is 7.11. The number of aromatic nitrogens is 2. The van der Waals surface area contributed by atoms with Gasteiger partial charge in [-0.3, -0.25) is 9.59 Å². The van der Waals surface area contributed by atoms with E-state index < -0.39 is 0 Å². The molecule has 0 saturated carbocycles. The average molecular weight is 430 g/mol. The number of thioether (sulfide) groups is 1. The molecule has 31 heavy (non-hydrogen) atoms. The molecule has 0 unspecified atom stereocenters. The van der Waals surface area contributed by atoms with Gasteiger partial charge >= 0.3 is 0 Å². The van der Waals surface area contributed by atoms with Gasteiger partial charge in [-0.1, -0.05) is 66.7 Å². The van der Waals surface area contributed by atoms with Crippen LogP contribution in [0.25, 0.3) is 10.8 Å². The van der Waals surface area contributed by atoms with Crippen LogP contribution in [0.5, 0.6) is 0 Å². The Kier molecular flexibility index (Phi) is 6.79. The van der Waals surface area contributed by atoms with Crippen LogP contribution in [-0.4, -0.2) is 28.0 Å². The van der Waals surface area contributed by atoms with E-state index in [0.717, 1.165) is 17.7 Å². The van der Waals surface area contributed by atoms with Gasteiger partial charge in [0.2, 0.25) is 0 Å². The van der Waals surface area contributed by atoms with E-state index in [0.29, 0.717) is 23.9 Å². The molecule has 6 heteroatoms. The first-order valence-electron chi connectivity index (χ1n) is 10.2. The average Bonchev–Trinajstić information content (AvgIpc) is 2.82. The number of carbonyl (C=O) groups excluding carboxylic acids is 1. The summed E-state index contributed by atoms with van der Waals surface area (Å²) in [5.41, 5.74) is 1.04. The lowest BCUT2D eigenvalue weighted by molar-refractivity contribution is 0.0948. The lowest BCUT2D eigenvalue weighted by Gasteiger charge is -2.11. The van der Waals surface area contributed by atoms with Crippen molar-refractivity contribution in [3.63, 3.8) is 0 Å². The number of carbonyl (C=O) groups is 1.